The molecule has 0 spiro atoms. The summed E-state index contributed by atoms with van der Waals surface area (Å²) in [4.78, 5) is 36.5. The van der Waals surface area contributed by atoms with Gasteiger partial charge in [-0.25, -0.2) is 13.2 Å². The largest absolute Gasteiger partial charge is 0.496 e. The minimum Gasteiger partial charge on any atom is -0.496 e. The first kappa shape index (κ1) is 23.6. The van der Waals surface area contributed by atoms with E-state index in [0.29, 0.717) is 5.69 Å². The number of carboxylic acid groups (broad SMARTS) is 1. The molecule has 0 radical (unpaired) electrons. The second-order valence-corrected chi connectivity index (χ2v) is 7.73. The van der Waals surface area contributed by atoms with Crippen LogP contribution < -0.4 is 25.0 Å². The molecule has 2 rings (SSSR count). The molecule has 2 aromatic carbocycles. The molecule has 12 heteroatoms. The van der Waals surface area contributed by atoms with E-state index in [0.717, 1.165) is 12.1 Å². The molecule has 4 N–H and O–H groups in total. The minimum absolute atomic E-state index is 0.0135. The monoisotopic (exact) mass is 451 g/mol. The molecule has 0 saturated carbocycles. The molecule has 0 aliphatic carbocycles. The molecular formula is C19H21N3O8S. The number of anilines is 1. The lowest BCUT2D eigenvalue weighted by molar-refractivity contribution is -0.114. The Bertz CT molecular complexity index is 1120. The summed E-state index contributed by atoms with van der Waals surface area (Å²) < 4.78 is 35.3. The van der Waals surface area contributed by atoms with Crippen LogP contribution in [0.5, 0.6) is 11.5 Å². The quantitative estimate of drug-likeness (QED) is 0.416. The number of sulfonamides is 1. The molecule has 2 aromatic rings. The highest BCUT2D eigenvalue weighted by Gasteiger charge is 2.21. The van der Waals surface area contributed by atoms with Gasteiger partial charge in [-0.1, -0.05) is 0 Å². The average Bonchev–Trinajstić information content (AvgIpc) is 2.71. The van der Waals surface area contributed by atoms with Crippen molar-refractivity contribution in [3.8, 4) is 11.5 Å². The van der Waals surface area contributed by atoms with Gasteiger partial charge in [-0.3, -0.25) is 15.0 Å². The molecule has 0 unspecified atom stereocenters. The number of hydrazine groups is 1. The van der Waals surface area contributed by atoms with Crippen molar-refractivity contribution in [1.29, 1.82) is 0 Å². The summed E-state index contributed by atoms with van der Waals surface area (Å²) in [5, 5.41) is 11.8. The third-order valence-electron chi connectivity index (χ3n) is 3.86. The van der Waals surface area contributed by atoms with Crippen LogP contribution in [0.25, 0.3) is 0 Å². The molecule has 2 amide bonds. The van der Waals surface area contributed by atoms with Crippen molar-refractivity contribution in [3.63, 3.8) is 0 Å². The average molecular weight is 451 g/mol. The number of carboxylic acids is 1. The van der Waals surface area contributed by atoms with Crippen molar-refractivity contribution in [2.75, 3.05) is 19.0 Å². The second kappa shape index (κ2) is 9.91. The maximum Gasteiger partial charge on any atom is 0.339 e. The summed E-state index contributed by atoms with van der Waals surface area (Å²) >= 11 is 0. The topological polar surface area (TPSA) is 160 Å². The first-order chi connectivity index (χ1) is 14.6. The van der Waals surface area contributed by atoms with E-state index >= 15 is 0 Å². The van der Waals surface area contributed by atoms with Gasteiger partial charge in [0.1, 0.15) is 17.1 Å². The fourth-order valence-electron chi connectivity index (χ4n) is 2.53. The number of methoxy groups -OCH3 is 1. The molecule has 166 valence electrons. The summed E-state index contributed by atoms with van der Waals surface area (Å²) in [6, 6.07) is 7.47. The predicted octanol–water partition coefficient (Wildman–Crippen LogP) is 1.37. The maximum atomic E-state index is 12.5. The van der Waals surface area contributed by atoms with Gasteiger partial charge in [-0.15, -0.1) is 4.83 Å². The van der Waals surface area contributed by atoms with Crippen molar-refractivity contribution < 1.29 is 37.4 Å². The summed E-state index contributed by atoms with van der Waals surface area (Å²) in [6.45, 7) is 3.24. The lowest BCUT2D eigenvalue weighted by Crippen LogP contribution is -2.41. The zero-order valence-corrected chi connectivity index (χ0v) is 17.7. The van der Waals surface area contributed by atoms with Crippen LogP contribution in [-0.2, 0) is 14.8 Å². The summed E-state index contributed by atoms with van der Waals surface area (Å²) in [5.41, 5.74) is 2.10. The van der Waals surface area contributed by atoms with Crippen LogP contribution in [0.1, 0.15) is 34.6 Å². The van der Waals surface area contributed by atoms with E-state index in [4.69, 9.17) is 9.47 Å². The number of benzene rings is 2. The van der Waals surface area contributed by atoms with Crippen LogP contribution in [0.2, 0.25) is 0 Å². The van der Waals surface area contributed by atoms with Gasteiger partial charge < -0.3 is 19.9 Å². The number of hydrogen-bond acceptors (Lipinski definition) is 7. The molecule has 11 nitrogen and oxygen atoms in total. The highest BCUT2D eigenvalue weighted by molar-refractivity contribution is 7.89. The molecule has 31 heavy (non-hydrogen) atoms. The number of ether oxygens (including phenoxy) is 2. The molecule has 0 aliphatic rings. The Hall–Kier alpha value is -3.64. The Labute approximate surface area is 178 Å². The van der Waals surface area contributed by atoms with E-state index < -0.39 is 26.8 Å². The van der Waals surface area contributed by atoms with Crippen LogP contribution in [0.15, 0.2) is 41.3 Å². The smallest absolute Gasteiger partial charge is 0.339 e. The first-order valence-corrected chi connectivity index (χ1v) is 10.3. The van der Waals surface area contributed by atoms with Gasteiger partial charge in [0, 0.05) is 18.7 Å². The number of nitrogens with one attached hydrogen (secondary N) is 3. The molecule has 0 atom stereocenters. The van der Waals surface area contributed by atoms with Crippen molar-refractivity contribution in [2.45, 2.75) is 18.7 Å². The molecule has 0 aromatic heterocycles. The number of aromatic carboxylic acids is 1. The van der Waals surface area contributed by atoms with Crippen LogP contribution >= 0.6 is 0 Å². The van der Waals surface area contributed by atoms with Gasteiger partial charge in [0.2, 0.25) is 5.91 Å². The lowest BCUT2D eigenvalue weighted by Gasteiger charge is -2.14. The molecular weight excluding hydrogens is 430 g/mol. The zero-order chi connectivity index (χ0) is 23.2. The molecule has 0 heterocycles. The molecule has 0 bridgehead atoms. The van der Waals surface area contributed by atoms with Crippen molar-refractivity contribution in [2.24, 2.45) is 0 Å². The summed E-state index contributed by atoms with van der Waals surface area (Å²) in [6.07, 6.45) is 0. The van der Waals surface area contributed by atoms with Gasteiger partial charge >= 0.3 is 5.97 Å². The van der Waals surface area contributed by atoms with Crippen LogP contribution in [0.3, 0.4) is 0 Å². The third kappa shape index (κ3) is 5.93. The van der Waals surface area contributed by atoms with E-state index in [9.17, 15) is 27.9 Å². The summed E-state index contributed by atoms with van der Waals surface area (Å²) in [7, 11) is -3.04. The number of amides is 2. The number of carbonyl (C=O) groups is 3. The minimum atomic E-state index is -4.29. The number of rotatable bonds is 9. The van der Waals surface area contributed by atoms with Gasteiger partial charge in [0.25, 0.3) is 15.9 Å². The first-order valence-electron chi connectivity index (χ1n) is 8.87. The van der Waals surface area contributed by atoms with Crippen molar-refractivity contribution >= 4 is 33.5 Å². The fraction of sp³-hybridized carbons (Fsp3) is 0.211. The predicted molar refractivity (Wildman–Crippen MR) is 110 cm³/mol. The Kier molecular flexibility index (Phi) is 7.56. The Morgan fingerprint density at radius 3 is 2.32 bits per heavy atom. The summed E-state index contributed by atoms with van der Waals surface area (Å²) in [5.74, 6) is -2.40. The second-order valence-electron chi connectivity index (χ2n) is 6.05. The maximum absolute atomic E-state index is 12.5. The van der Waals surface area contributed by atoms with Gasteiger partial charge in [0.05, 0.1) is 24.2 Å². The number of carbonyl (C=O) groups excluding carboxylic acids is 2. The van der Waals surface area contributed by atoms with Crippen LogP contribution in [0, 0.1) is 0 Å². The zero-order valence-electron chi connectivity index (χ0n) is 16.9. The standard InChI is InChI=1S/C19H21N3O8S/c1-4-30-17-9-12(20-11(2)23)5-7-14(17)18(24)21-22-31(27,28)13-6-8-16(29-3)15(10-13)19(25)26/h5-10,22H,4H2,1-3H3,(H,20,23)(H,21,24)(H,25,26). The Morgan fingerprint density at radius 1 is 1.03 bits per heavy atom. The molecule has 0 aliphatic heterocycles. The Morgan fingerprint density at radius 2 is 1.74 bits per heavy atom. The van der Waals surface area contributed by atoms with Crippen LogP contribution in [-0.4, -0.2) is 45.0 Å². The van der Waals surface area contributed by atoms with E-state index in [-0.39, 0.29) is 35.1 Å². The number of hydrogen-bond donors (Lipinski definition) is 4. The van der Waals surface area contributed by atoms with E-state index in [1.54, 1.807) is 6.92 Å². The van der Waals surface area contributed by atoms with E-state index in [1.165, 1.54) is 38.3 Å². The van der Waals surface area contributed by atoms with Crippen molar-refractivity contribution in [1.82, 2.24) is 10.3 Å². The third-order valence-corrected chi connectivity index (χ3v) is 5.10. The van der Waals surface area contributed by atoms with Gasteiger partial charge in [-0.05, 0) is 37.3 Å². The fourth-order valence-corrected chi connectivity index (χ4v) is 3.39. The van der Waals surface area contributed by atoms with E-state index in [2.05, 4.69) is 10.7 Å². The highest BCUT2D eigenvalue weighted by Crippen LogP contribution is 2.24. The Balaban J connectivity index is 2.24. The van der Waals surface area contributed by atoms with E-state index in [1.807, 2.05) is 4.83 Å². The lowest BCUT2D eigenvalue weighted by atomic mass is 10.1. The van der Waals surface area contributed by atoms with Gasteiger partial charge in [-0.2, -0.15) is 0 Å². The molecule has 0 fully saturated rings. The SMILES string of the molecule is CCOc1cc(NC(C)=O)ccc1C(=O)NNS(=O)(=O)c1ccc(OC)c(C(=O)O)c1. The molecule has 0 saturated heterocycles. The normalized spacial score (nSPS) is 10.8. The van der Waals surface area contributed by atoms with Crippen LogP contribution in [0.4, 0.5) is 5.69 Å². The van der Waals surface area contributed by atoms with Crippen molar-refractivity contribution in [3.05, 3.63) is 47.5 Å². The highest BCUT2D eigenvalue weighted by atomic mass is 32.2. The van der Waals surface area contributed by atoms with Gasteiger partial charge in [0.15, 0.2) is 0 Å².